The predicted octanol–water partition coefficient (Wildman–Crippen LogP) is 5.35. The summed E-state index contributed by atoms with van der Waals surface area (Å²) in [5.74, 6) is -0.838. The van der Waals surface area contributed by atoms with Gasteiger partial charge in [0, 0.05) is 36.6 Å². The minimum absolute atomic E-state index is 0.0331. The maximum Gasteiger partial charge on any atom is 0.414 e. The fourth-order valence-corrected chi connectivity index (χ4v) is 6.11. The summed E-state index contributed by atoms with van der Waals surface area (Å²) in [5, 5.41) is 5.07. The summed E-state index contributed by atoms with van der Waals surface area (Å²) in [6.45, 7) is 12.4. The summed E-state index contributed by atoms with van der Waals surface area (Å²) in [4.78, 5) is 49.9. The normalized spacial score (nSPS) is 29.4. The minimum atomic E-state index is -0.853. The number of carbonyl (C=O) groups excluding carboxylic acids is 4. The third-order valence-electron chi connectivity index (χ3n) is 8.79. The number of methoxy groups -OCH3 is 1. The van der Waals surface area contributed by atoms with Gasteiger partial charge in [0.05, 0.1) is 18.6 Å². The summed E-state index contributed by atoms with van der Waals surface area (Å²) in [6.07, 6.45) is 3.39. The van der Waals surface area contributed by atoms with Crippen LogP contribution in [0.5, 0.6) is 0 Å². The Bertz CT molecular complexity index is 1240. The number of anilines is 1. The highest BCUT2D eigenvalue weighted by atomic mass is 16.6. The van der Waals surface area contributed by atoms with Gasteiger partial charge in [0.2, 0.25) is 5.91 Å². The molecule has 10 nitrogen and oxygen atoms in total. The minimum Gasteiger partial charge on any atom is -0.443 e. The number of amides is 3. The topological polar surface area (TPSA) is 136 Å². The molecule has 43 heavy (non-hydrogen) atoms. The number of rotatable bonds is 11. The Morgan fingerprint density at radius 2 is 1.77 bits per heavy atom. The molecule has 3 aliphatic rings. The average Bonchev–Trinajstić information content (AvgIpc) is 3.85. The van der Waals surface area contributed by atoms with Crippen LogP contribution in [-0.4, -0.2) is 66.9 Å². The summed E-state index contributed by atoms with van der Waals surface area (Å²) in [5.41, 5.74) is 0.751. The highest BCUT2D eigenvalue weighted by Gasteiger charge is 2.72. The van der Waals surface area contributed by atoms with E-state index in [1.165, 1.54) is 17.7 Å². The monoisotopic (exact) mass is 598 g/mol. The molecule has 1 spiro atoms. The Morgan fingerprint density at radius 1 is 1.09 bits per heavy atom. The van der Waals surface area contributed by atoms with Gasteiger partial charge in [-0.25, -0.2) is 4.79 Å². The van der Waals surface area contributed by atoms with E-state index in [0.717, 1.165) is 6.42 Å². The SMILES string of the molecule is CO[C@@H]1[C@H](OC(=O)NC(=O)c2ccc(NC(=O)CCCC(=O)C(C)(C)C)cc2)CC[C@]2(CO2)[C@H]1[C@]1(C)O[C@@H]1CC=C(C)C. The number of hydrogen-bond donors (Lipinski definition) is 2. The summed E-state index contributed by atoms with van der Waals surface area (Å²) in [6, 6.07) is 6.20. The first-order valence-electron chi connectivity index (χ1n) is 15.1. The van der Waals surface area contributed by atoms with E-state index in [-0.39, 0.29) is 41.3 Å². The molecule has 4 rings (SSSR count). The van der Waals surface area contributed by atoms with Crippen molar-refractivity contribution in [1.29, 1.82) is 0 Å². The zero-order chi connectivity index (χ0) is 31.6. The van der Waals surface area contributed by atoms with Gasteiger partial charge in [0.25, 0.3) is 5.91 Å². The molecule has 0 radical (unpaired) electrons. The van der Waals surface area contributed by atoms with Crippen LogP contribution in [-0.2, 0) is 28.5 Å². The predicted molar refractivity (Wildman–Crippen MR) is 161 cm³/mol. The van der Waals surface area contributed by atoms with Crippen LogP contribution in [0.3, 0.4) is 0 Å². The van der Waals surface area contributed by atoms with Crippen molar-refractivity contribution in [3.8, 4) is 0 Å². The molecule has 1 saturated carbocycles. The van der Waals surface area contributed by atoms with Gasteiger partial charge >= 0.3 is 6.09 Å². The summed E-state index contributed by atoms with van der Waals surface area (Å²) < 4.78 is 23.8. The molecule has 10 heteroatoms. The van der Waals surface area contributed by atoms with E-state index in [2.05, 4.69) is 37.5 Å². The first-order chi connectivity index (χ1) is 20.2. The lowest BCUT2D eigenvalue weighted by Crippen LogP contribution is -2.56. The first-order valence-corrected chi connectivity index (χ1v) is 15.1. The maximum atomic E-state index is 12.8. The number of benzene rings is 1. The standard InChI is InChI=1S/C33H46N2O8/c1-20(2)11-16-25-32(6,43-25)28-27(40-7)23(17-18-33(28)19-41-33)42-30(39)35-29(38)21-12-14-22(15-13-21)34-26(37)10-8-9-24(36)31(3,4)5/h11-15,23,25,27-28H,8-10,16-19H2,1-7H3,(H,34,37)(H,35,38,39)/t23-,25-,27-,28-,32-,33+/m1/s1. The van der Waals surface area contributed by atoms with Gasteiger partial charge in [-0.1, -0.05) is 32.4 Å². The van der Waals surface area contributed by atoms with Crippen LogP contribution in [0, 0.1) is 11.3 Å². The van der Waals surface area contributed by atoms with Crippen LogP contribution in [0.2, 0.25) is 0 Å². The molecule has 0 unspecified atom stereocenters. The third kappa shape index (κ3) is 7.91. The number of alkyl carbamates (subject to hydrolysis) is 1. The molecule has 1 aromatic rings. The molecule has 6 atom stereocenters. The fourth-order valence-electron chi connectivity index (χ4n) is 6.11. The average molecular weight is 599 g/mol. The van der Waals surface area contributed by atoms with E-state index in [0.29, 0.717) is 38.0 Å². The van der Waals surface area contributed by atoms with E-state index in [1.54, 1.807) is 19.2 Å². The largest absolute Gasteiger partial charge is 0.443 e. The number of allylic oxidation sites excluding steroid dienone is 1. The second kappa shape index (κ2) is 12.9. The smallest absolute Gasteiger partial charge is 0.414 e. The van der Waals surface area contributed by atoms with Crippen molar-refractivity contribution in [3.05, 3.63) is 41.5 Å². The second-order valence-corrected chi connectivity index (χ2v) is 13.4. The maximum absolute atomic E-state index is 12.8. The van der Waals surface area contributed by atoms with Crippen molar-refractivity contribution >= 4 is 29.4 Å². The molecule has 2 saturated heterocycles. The lowest BCUT2D eigenvalue weighted by molar-refractivity contribution is -0.126. The Morgan fingerprint density at radius 3 is 2.35 bits per heavy atom. The summed E-state index contributed by atoms with van der Waals surface area (Å²) in [7, 11) is 1.60. The number of carbonyl (C=O) groups is 4. The van der Waals surface area contributed by atoms with Crippen LogP contribution in [0.1, 0.15) is 90.4 Å². The Balaban J connectivity index is 1.28. The number of Topliss-reactive ketones (excluding diaryl/α,β-unsaturated/α-hetero) is 1. The fraction of sp³-hybridized carbons (Fsp3) is 0.636. The number of nitrogens with one attached hydrogen (secondary N) is 2. The van der Waals surface area contributed by atoms with Gasteiger partial charge in [-0.05, 0) is 70.7 Å². The van der Waals surface area contributed by atoms with Gasteiger partial charge in [-0.3, -0.25) is 19.7 Å². The van der Waals surface area contributed by atoms with Crippen LogP contribution in [0.4, 0.5) is 10.5 Å². The lowest BCUT2D eigenvalue weighted by Gasteiger charge is -2.42. The lowest BCUT2D eigenvalue weighted by atomic mass is 9.68. The van der Waals surface area contributed by atoms with E-state index in [9.17, 15) is 19.2 Å². The highest BCUT2D eigenvalue weighted by Crippen LogP contribution is 2.59. The zero-order valence-corrected chi connectivity index (χ0v) is 26.4. The number of epoxide rings is 2. The number of hydrogen-bond acceptors (Lipinski definition) is 8. The molecular formula is C33H46N2O8. The van der Waals surface area contributed by atoms with Crippen LogP contribution in [0.25, 0.3) is 0 Å². The van der Waals surface area contributed by atoms with E-state index in [4.69, 9.17) is 18.9 Å². The molecule has 2 heterocycles. The zero-order valence-electron chi connectivity index (χ0n) is 26.4. The molecule has 236 valence electrons. The van der Waals surface area contributed by atoms with Gasteiger partial charge in [-0.2, -0.15) is 0 Å². The Kier molecular flexibility index (Phi) is 9.83. The molecule has 3 amide bonds. The molecule has 3 fully saturated rings. The number of ether oxygens (including phenoxy) is 4. The molecule has 2 N–H and O–H groups in total. The van der Waals surface area contributed by atoms with Gasteiger partial charge in [0.15, 0.2) is 0 Å². The van der Waals surface area contributed by atoms with Crippen molar-refractivity contribution in [1.82, 2.24) is 5.32 Å². The molecule has 0 aromatic heterocycles. The second-order valence-electron chi connectivity index (χ2n) is 13.4. The Hall–Kier alpha value is -3.08. The molecular weight excluding hydrogens is 552 g/mol. The molecule has 1 aromatic carbocycles. The van der Waals surface area contributed by atoms with Crippen LogP contribution >= 0.6 is 0 Å². The van der Waals surface area contributed by atoms with Gasteiger partial charge in [-0.15, -0.1) is 0 Å². The third-order valence-corrected chi connectivity index (χ3v) is 8.79. The summed E-state index contributed by atoms with van der Waals surface area (Å²) >= 11 is 0. The van der Waals surface area contributed by atoms with E-state index >= 15 is 0 Å². The Labute approximate surface area is 254 Å². The first kappa shape index (κ1) is 32.8. The van der Waals surface area contributed by atoms with E-state index < -0.39 is 35.2 Å². The van der Waals surface area contributed by atoms with Crippen LogP contribution in [0.15, 0.2) is 35.9 Å². The number of imide groups is 1. The van der Waals surface area contributed by atoms with Gasteiger partial charge in [0.1, 0.15) is 29.2 Å². The molecule has 0 bridgehead atoms. The van der Waals surface area contributed by atoms with Gasteiger partial charge < -0.3 is 24.3 Å². The molecule has 2 aliphatic heterocycles. The number of ketones is 1. The highest BCUT2D eigenvalue weighted by molar-refractivity contribution is 6.03. The van der Waals surface area contributed by atoms with Crippen molar-refractivity contribution in [3.63, 3.8) is 0 Å². The van der Waals surface area contributed by atoms with Crippen molar-refractivity contribution in [2.75, 3.05) is 19.0 Å². The molecule has 1 aliphatic carbocycles. The van der Waals surface area contributed by atoms with Crippen molar-refractivity contribution in [2.24, 2.45) is 11.3 Å². The quantitative estimate of drug-likeness (QED) is 0.257. The van der Waals surface area contributed by atoms with E-state index in [1.807, 2.05) is 20.8 Å². The van der Waals surface area contributed by atoms with Crippen LogP contribution < -0.4 is 10.6 Å². The van der Waals surface area contributed by atoms with Crippen molar-refractivity contribution < 1.29 is 38.1 Å². The van der Waals surface area contributed by atoms with Crippen molar-refractivity contribution in [2.45, 2.75) is 110 Å².